The number of carbonyl (C=O) groups excluding carboxylic acids is 1. The largest absolute Gasteiger partial charge is 0.465 e. The van der Waals surface area contributed by atoms with Crippen molar-refractivity contribution in [2.75, 3.05) is 6.61 Å². The molecule has 0 radical (unpaired) electrons. The zero-order valence-corrected chi connectivity index (χ0v) is 10.7. The maximum Gasteiger partial charge on any atom is 0.306 e. The summed E-state index contributed by atoms with van der Waals surface area (Å²) in [5.41, 5.74) is 1.08. The molecule has 3 heteroatoms. The van der Waals surface area contributed by atoms with Crippen molar-refractivity contribution in [3.8, 4) is 0 Å². The van der Waals surface area contributed by atoms with Crippen molar-refractivity contribution < 1.29 is 9.53 Å². The van der Waals surface area contributed by atoms with Crippen LogP contribution in [-0.2, 0) is 16.0 Å². The predicted octanol–water partition coefficient (Wildman–Crippen LogP) is 3.47. The van der Waals surface area contributed by atoms with Gasteiger partial charge in [-0.05, 0) is 42.4 Å². The Morgan fingerprint density at radius 2 is 2.29 bits per heavy atom. The average Bonchev–Trinajstić information content (AvgIpc) is 3.00. The molecule has 1 aliphatic rings. The maximum atomic E-state index is 11.5. The molecule has 1 saturated carbocycles. The summed E-state index contributed by atoms with van der Waals surface area (Å²) in [6.07, 6.45) is 2.32. The molecule has 1 fully saturated rings. The van der Waals surface area contributed by atoms with Crippen LogP contribution < -0.4 is 0 Å². The minimum Gasteiger partial charge on any atom is -0.465 e. The third-order valence-electron chi connectivity index (χ3n) is 3.24. The van der Waals surface area contributed by atoms with E-state index >= 15 is 0 Å². The summed E-state index contributed by atoms with van der Waals surface area (Å²) < 4.78 is 5.22. The van der Waals surface area contributed by atoms with Crippen molar-refractivity contribution in [2.24, 2.45) is 11.8 Å². The SMILES string of the molecule is CC1CC1COC(=O)CCc1cccc(Cl)c1. The Morgan fingerprint density at radius 3 is 2.94 bits per heavy atom. The monoisotopic (exact) mass is 252 g/mol. The lowest BCUT2D eigenvalue weighted by molar-refractivity contribution is -0.144. The minimum atomic E-state index is -0.107. The van der Waals surface area contributed by atoms with Crippen molar-refractivity contribution in [1.29, 1.82) is 0 Å². The van der Waals surface area contributed by atoms with Gasteiger partial charge < -0.3 is 4.74 Å². The number of carbonyl (C=O) groups is 1. The van der Waals surface area contributed by atoms with E-state index in [2.05, 4.69) is 6.92 Å². The Bertz CT molecular complexity index is 403. The molecule has 0 bridgehead atoms. The van der Waals surface area contributed by atoms with E-state index in [1.165, 1.54) is 6.42 Å². The fraction of sp³-hybridized carbons (Fsp3) is 0.500. The van der Waals surface area contributed by atoms with Crippen molar-refractivity contribution in [3.05, 3.63) is 34.9 Å². The second-order valence-electron chi connectivity index (χ2n) is 4.79. The molecule has 2 nitrogen and oxygen atoms in total. The minimum absolute atomic E-state index is 0.107. The van der Waals surface area contributed by atoms with E-state index in [0.29, 0.717) is 30.4 Å². The number of benzene rings is 1. The Kier molecular flexibility index (Phi) is 4.06. The first-order valence-corrected chi connectivity index (χ1v) is 6.43. The van der Waals surface area contributed by atoms with E-state index in [-0.39, 0.29) is 5.97 Å². The summed E-state index contributed by atoms with van der Waals surface area (Å²) in [6, 6.07) is 7.59. The quantitative estimate of drug-likeness (QED) is 0.750. The topological polar surface area (TPSA) is 26.3 Å². The fourth-order valence-electron chi connectivity index (χ4n) is 1.84. The molecule has 0 aliphatic heterocycles. The zero-order valence-electron chi connectivity index (χ0n) is 9.99. The van der Waals surface area contributed by atoms with Crippen LogP contribution in [0.15, 0.2) is 24.3 Å². The third kappa shape index (κ3) is 4.04. The lowest BCUT2D eigenvalue weighted by Crippen LogP contribution is -2.08. The number of hydrogen-bond donors (Lipinski definition) is 0. The molecule has 0 saturated heterocycles. The van der Waals surface area contributed by atoms with Gasteiger partial charge in [-0.15, -0.1) is 0 Å². The second kappa shape index (κ2) is 5.54. The Morgan fingerprint density at radius 1 is 1.53 bits per heavy atom. The van der Waals surface area contributed by atoms with E-state index in [9.17, 15) is 4.79 Å². The van der Waals surface area contributed by atoms with Gasteiger partial charge in [-0.3, -0.25) is 4.79 Å². The van der Waals surface area contributed by atoms with Crippen LogP contribution in [0.4, 0.5) is 0 Å². The molecule has 1 aromatic rings. The van der Waals surface area contributed by atoms with E-state index in [0.717, 1.165) is 11.5 Å². The van der Waals surface area contributed by atoms with E-state index in [1.54, 1.807) is 0 Å². The highest BCUT2D eigenvalue weighted by Crippen LogP contribution is 2.37. The lowest BCUT2D eigenvalue weighted by Gasteiger charge is -2.04. The fourth-order valence-corrected chi connectivity index (χ4v) is 2.06. The van der Waals surface area contributed by atoms with Gasteiger partial charge in [0.25, 0.3) is 0 Å². The average molecular weight is 253 g/mol. The molecule has 0 aromatic heterocycles. The molecule has 1 aromatic carbocycles. The van der Waals surface area contributed by atoms with Crippen LogP contribution in [0.5, 0.6) is 0 Å². The van der Waals surface area contributed by atoms with Gasteiger partial charge in [-0.2, -0.15) is 0 Å². The third-order valence-corrected chi connectivity index (χ3v) is 3.48. The Balaban J connectivity index is 1.68. The van der Waals surface area contributed by atoms with Gasteiger partial charge in [-0.25, -0.2) is 0 Å². The standard InChI is InChI=1S/C14H17ClO2/c1-10-7-12(10)9-17-14(16)6-5-11-3-2-4-13(15)8-11/h2-4,8,10,12H,5-7,9H2,1H3. The molecule has 2 atom stereocenters. The highest BCUT2D eigenvalue weighted by Gasteiger charge is 2.33. The van der Waals surface area contributed by atoms with Gasteiger partial charge in [0.1, 0.15) is 0 Å². The molecule has 17 heavy (non-hydrogen) atoms. The first-order valence-electron chi connectivity index (χ1n) is 6.05. The van der Waals surface area contributed by atoms with Crippen LogP contribution in [0.2, 0.25) is 5.02 Å². The molecule has 0 amide bonds. The summed E-state index contributed by atoms with van der Waals surface area (Å²) in [7, 11) is 0. The first-order chi connectivity index (χ1) is 8.15. The van der Waals surface area contributed by atoms with Crippen molar-refractivity contribution in [1.82, 2.24) is 0 Å². The zero-order chi connectivity index (χ0) is 12.3. The second-order valence-corrected chi connectivity index (χ2v) is 5.22. The van der Waals surface area contributed by atoms with Gasteiger partial charge in [-0.1, -0.05) is 30.7 Å². The van der Waals surface area contributed by atoms with Crippen LogP contribution in [0.25, 0.3) is 0 Å². The molecule has 0 spiro atoms. The van der Waals surface area contributed by atoms with Crippen molar-refractivity contribution in [3.63, 3.8) is 0 Å². The summed E-state index contributed by atoms with van der Waals surface area (Å²) in [5, 5.41) is 0.711. The Labute approximate surface area is 107 Å². The van der Waals surface area contributed by atoms with Crippen molar-refractivity contribution in [2.45, 2.75) is 26.2 Å². The van der Waals surface area contributed by atoms with Gasteiger partial charge in [0.15, 0.2) is 0 Å². The predicted molar refractivity (Wildman–Crippen MR) is 68.0 cm³/mol. The summed E-state index contributed by atoms with van der Waals surface area (Å²) in [4.78, 5) is 11.5. The number of halogens is 1. The van der Waals surface area contributed by atoms with Crippen LogP contribution in [0, 0.1) is 11.8 Å². The van der Waals surface area contributed by atoms with E-state index in [4.69, 9.17) is 16.3 Å². The highest BCUT2D eigenvalue weighted by molar-refractivity contribution is 6.30. The number of esters is 1. The molecule has 1 aliphatic carbocycles. The maximum absolute atomic E-state index is 11.5. The van der Waals surface area contributed by atoms with Crippen LogP contribution in [-0.4, -0.2) is 12.6 Å². The number of hydrogen-bond acceptors (Lipinski definition) is 2. The molecule has 0 heterocycles. The van der Waals surface area contributed by atoms with Gasteiger partial charge in [0.2, 0.25) is 0 Å². The van der Waals surface area contributed by atoms with Crippen molar-refractivity contribution >= 4 is 17.6 Å². The number of aryl methyl sites for hydroxylation is 1. The van der Waals surface area contributed by atoms with Crippen LogP contribution >= 0.6 is 11.6 Å². The van der Waals surface area contributed by atoms with E-state index < -0.39 is 0 Å². The van der Waals surface area contributed by atoms with Gasteiger partial charge in [0.05, 0.1) is 6.61 Å². The first kappa shape index (κ1) is 12.4. The lowest BCUT2D eigenvalue weighted by atomic mass is 10.1. The van der Waals surface area contributed by atoms with Gasteiger partial charge >= 0.3 is 5.97 Å². The molecule has 0 N–H and O–H groups in total. The van der Waals surface area contributed by atoms with Crippen LogP contribution in [0.3, 0.4) is 0 Å². The molecule has 2 rings (SSSR count). The molecule has 92 valence electrons. The highest BCUT2D eigenvalue weighted by atomic mass is 35.5. The number of rotatable bonds is 5. The van der Waals surface area contributed by atoms with Gasteiger partial charge in [0, 0.05) is 11.4 Å². The Hall–Kier alpha value is -1.02. The van der Waals surface area contributed by atoms with Crippen LogP contribution in [0.1, 0.15) is 25.3 Å². The summed E-state index contributed by atoms with van der Waals surface area (Å²) >= 11 is 5.87. The molecular formula is C14H17ClO2. The summed E-state index contributed by atoms with van der Waals surface area (Å²) in [6.45, 7) is 2.78. The summed E-state index contributed by atoms with van der Waals surface area (Å²) in [5.74, 6) is 1.23. The molecule has 2 unspecified atom stereocenters. The van der Waals surface area contributed by atoms with E-state index in [1.807, 2.05) is 24.3 Å². The number of ether oxygens (including phenoxy) is 1. The smallest absolute Gasteiger partial charge is 0.306 e. The normalized spacial score (nSPS) is 22.2. The molecular weight excluding hydrogens is 236 g/mol.